The number of amides is 3. The lowest BCUT2D eigenvalue weighted by molar-refractivity contribution is -0.141. The minimum atomic E-state index is -0.466. The van der Waals surface area contributed by atoms with Crippen LogP contribution in [0.4, 0.5) is 10.5 Å². The highest BCUT2D eigenvalue weighted by Gasteiger charge is 2.31. The summed E-state index contributed by atoms with van der Waals surface area (Å²) in [6.07, 6.45) is 2.27. The molecular formula is C19H19ClN8O3. The van der Waals surface area contributed by atoms with Crippen LogP contribution in [-0.2, 0) is 11.3 Å². The lowest BCUT2D eigenvalue weighted by Crippen LogP contribution is -2.48. The predicted octanol–water partition coefficient (Wildman–Crippen LogP) is 2.08. The van der Waals surface area contributed by atoms with E-state index >= 15 is 0 Å². The number of nitrogens with zero attached hydrogens (tertiary/aromatic N) is 7. The minimum Gasteiger partial charge on any atom is -0.495 e. The lowest BCUT2D eigenvalue weighted by atomic mass is 10.3. The zero-order valence-corrected chi connectivity index (χ0v) is 17.4. The second kappa shape index (κ2) is 8.96. The lowest BCUT2D eigenvalue weighted by Gasteiger charge is -2.28. The fourth-order valence-electron chi connectivity index (χ4n) is 3.15. The number of anilines is 1. The molecule has 3 aromatic rings. The molecule has 2 aromatic heterocycles. The van der Waals surface area contributed by atoms with Gasteiger partial charge in [0.05, 0.1) is 12.8 Å². The quantitative estimate of drug-likeness (QED) is 0.642. The van der Waals surface area contributed by atoms with E-state index in [0.29, 0.717) is 47.5 Å². The van der Waals surface area contributed by atoms with Gasteiger partial charge in [-0.15, -0.1) is 10.2 Å². The van der Waals surface area contributed by atoms with Crippen molar-refractivity contribution in [3.63, 3.8) is 0 Å². The Morgan fingerprint density at radius 2 is 2.03 bits per heavy atom. The van der Waals surface area contributed by atoms with E-state index in [2.05, 4.69) is 25.7 Å². The molecule has 31 heavy (non-hydrogen) atoms. The molecule has 0 atom stereocenters. The van der Waals surface area contributed by atoms with Gasteiger partial charge in [-0.2, -0.15) is 4.80 Å². The van der Waals surface area contributed by atoms with Crippen molar-refractivity contribution < 1.29 is 14.3 Å². The highest BCUT2D eigenvalue weighted by molar-refractivity contribution is 6.31. The molecule has 0 saturated carbocycles. The number of nitrogens with one attached hydrogen (secondary N) is 1. The average Bonchev–Trinajstić information content (AvgIpc) is 3.44. The highest BCUT2D eigenvalue weighted by atomic mass is 35.5. The minimum absolute atomic E-state index is 0.163. The molecule has 0 unspecified atom stereocenters. The molecule has 3 heterocycles. The van der Waals surface area contributed by atoms with Gasteiger partial charge in [0.25, 0.3) is 5.91 Å². The fraction of sp³-hybridized carbons (Fsp3) is 0.263. The second-order valence-electron chi connectivity index (χ2n) is 6.63. The monoisotopic (exact) mass is 442 g/mol. The van der Waals surface area contributed by atoms with Crippen molar-refractivity contribution in [1.82, 2.24) is 35.2 Å². The molecule has 0 bridgehead atoms. The third-order valence-corrected chi connectivity index (χ3v) is 4.82. The van der Waals surface area contributed by atoms with Crippen LogP contribution in [0, 0.1) is 0 Å². The van der Waals surface area contributed by atoms with Crippen LogP contribution in [0.25, 0.3) is 11.5 Å². The first-order valence-electron chi connectivity index (χ1n) is 9.46. The Balaban J connectivity index is 1.43. The van der Waals surface area contributed by atoms with Crippen LogP contribution in [0.5, 0.6) is 5.75 Å². The van der Waals surface area contributed by atoms with E-state index in [4.69, 9.17) is 16.3 Å². The Labute approximate surface area is 182 Å². The number of hydrogen-bond acceptors (Lipinski definition) is 7. The number of carbonyl (C=O) groups excluding carboxylic acids is 2. The number of methoxy groups -OCH3 is 1. The Bertz CT molecular complexity index is 1090. The van der Waals surface area contributed by atoms with E-state index in [1.807, 2.05) is 6.07 Å². The summed E-state index contributed by atoms with van der Waals surface area (Å²) < 4.78 is 5.25. The summed E-state index contributed by atoms with van der Waals surface area (Å²) in [5.74, 6) is 0.442. The summed E-state index contributed by atoms with van der Waals surface area (Å²) >= 11 is 6.02. The molecule has 1 N–H and O–H groups in total. The van der Waals surface area contributed by atoms with Gasteiger partial charge in [-0.05, 0) is 42.0 Å². The molecule has 1 saturated heterocycles. The maximum absolute atomic E-state index is 12.8. The first-order valence-corrected chi connectivity index (χ1v) is 9.84. The fourth-order valence-corrected chi connectivity index (χ4v) is 3.32. The summed E-state index contributed by atoms with van der Waals surface area (Å²) in [6, 6.07) is 9.77. The Kier molecular flexibility index (Phi) is 5.94. The van der Waals surface area contributed by atoms with Crippen molar-refractivity contribution in [3.8, 4) is 17.3 Å². The maximum atomic E-state index is 12.8. The van der Waals surface area contributed by atoms with Crippen LogP contribution in [0.2, 0.25) is 5.02 Å². The van der Waals surface area contributed by atoms with Gasteiger partial charge < -0.3 is 10.1 Å². The maximum Gasteiger partial charge on any atom is 0.340 e. The topological polar surface area (TPSA) is 118 Å². The van der Waals surface area contributed by atoms with Gasteiger partial charge in [-0.3, -0.25) is 9.78 Å². The van der Waals surface area contributed by atoms with E-state index in [1.165, 1.54) is 21.9 Å². The van der Waals surface area contributed by atoms with Gasteiger partial charge in [-0.1, -0.05) is 17.7 Å². The Morgan fingerprint density at radius 3 is 2.81 bits per heavy atom. The van der Waals surface area contributed by atoms with E-state index in [-0.39, 0.29) is 12.5 Å². The first-order chi connectivity index (χ1) is 15.0. The van der Waals surface area contributed by atoms with E-state index in [0.717, 1.165) is 0 Å². The van der Waals surface area contributed by atoms with Gasteiger partial charge >= 0.3 is 6.03 Å². The average molecular weight is 443 g/mol. The Morgan fingerprint density at radius 1 is 1.19 bits per heavy atom. The molecule has 160 valence electrons. The Hall–Kier alpha value is -3.73. The third kappa shape index (κ3) is 4.56. The van der Waals surface area contributed by atoms with Gasteiger partial charge in [0.2, 0.25) is 5.82 Å². The number of carbonyl (C=O) groups is 2. The summed E-state index contributed by atoms with van der Waals surface area (Å²) in [7, 11) is 1.49. The van der Waals surface area contributed by atoms with Gasteiger partial charge in [0, 0.05) is 24.3 Å². The second-order valence-corrected chi connectivity index (χ2v) is 7.06. The number of benzene rings is 1. The molecule has 12 heteroatoms. The zero-order chi connectivity index (χ0) is 21.8. The largest absolute Gasteiger partial charge is 0.495 e. The molecule has 1 aromatic carbocycles. The van der Waals surface area contributed by atoms with Crippen LogP contribution in [0.15, 0.2) is 42.6 Å². The molecule has 1 aliphatic rings. The number of halogens is 1. The summed E-state index contributed by atoms with van der Waals surface area (Å²) in [5, 5.41) is 18.0. The van der Waals surface area contributed by atoms with Crippen molar-refractivity contribution >= 4 is 29.2 Å². The van der Waals surface area contributed by atoms with E-state index < -0.39 is 6.03 Å². The number of rotatable bonds is 5. The molecule has 1 fully saturated rings. The van der Waals surface area contributed by atoms with Gasteiger partial charge in [0.15, 0.2) is 0 Å². The molecule has 0 radical (unpaired) electrons. The number of aromatic nitrogens is 5. The summed E-state index contributed by atoms with van der Waals surface area (Å²) in [4.78, 5) is 31.0. The van der Waals surface area contributed by atoms with Crippen molar-refractivity contribution in [3.05, 3.63) is 47.6 Å². The number of ether oxygens (including phenoxy) is 1. The SMILES string of the molecule is COc1ccc(Cl)cc1NC(=O)N1CCCN1C(=O)Cn1nnc(-c2ccccn2)n1. The van der Waals surface area contributed by atoms with Crippen LogP contribution in [0.3, 0.4) is 0 Å². The van der Waals surface area contributed by atoms with E-state index in [9.17, 15) is 9.59 Å². The van der Waals surface area contributed by atoms with Crippen LogP contribution >= 0.6 is 11.6 Å². The number of hydrazine groups is 1. The molecule has 0 spiro atoms. The smallest absolute Gasteiger partial charge is 0.340 e. The van der Waals surface area contributed by atoms with E-state index in [1.54, 1.807) is 36.5 Å². The molecule has 1 aliphatic heterocycles. The predicted molar refractivity (Wildman–Crippen MR) is 111 cm³/mol. The molecule has 4 rings (SSSR count). The molecular weight excluding hydrogens is 424 g/mol. The van der Waals surface area contributed by atoms with Gasteiger partial charge in [-0.25, -0.2) is 14.8 Å². The van der Waals surface area contributed by atoms with Crippen molar-refractivity contribution in [2.45, 2.75) is 13.0 Å². The number of tetrazole rings is 1. The highest BCUT2D eigenvalue weighted by Crippen LogP contribution is 2.28. The van der Waals surface area contributed by atoms with Crippen molar-refractivity contribution in [2.75, 3.05) is 25.5 Å². The summed E-state index contributed by atoms with van der Waals surface area (Å²) in [6.45, 7) is 0.634. The van der Waals surface area contributed by atoms with Crippen LogP contribution < -0.4 is 10.1 Å². The normalized spacial score (nSPS) is 13.4. The van der Waals surface area contributed by atoms with Crippen LogP contribution in [0.1, 0.15) is 6.42 Å². The molecule has 0 aliphatic carbocycles. The standard InChI is InChI=1S/C19H19ClN8O3/c1-31-16-7-6-13(20)11-15(16)22-19(30)27-10-4-9-26(27)17(29)12-28-24-18(23-25-28)14-5-2-3-8-21-14/h2-3,5-8,11H,4,9-10,12H2,1H3,(H,22,30). The summed E-state index contributed by atoms with van der Waals surface area (Å²) in [5.41, 5.74) is 0.969. The number of urea groups is 1. The first kappa shape index (κ1) is 20.5. The number of hydrogen-bond donors (Lipinski definition) is 1. The van der Waals surface area contributed by atoms with Crippen LogP contribution in [-0.4, -0.2) is 67.3 Å². The molecule has 3 amide bonds. The van der Waals surface area contributed by atoms with Crippen molar-refractivity contribution in [2.24, 2.45) is 0 Å². The number of pyridine rings is 1. The molecule has 11 nitrogen and oxygen atoms in total. The zero-order valence-electron chi connectivity index (χ0n) is 16.6. The third-order valence-electron chi connectivity index (χ3n) is 4.58. The van der Waals surface area contributed by atoms with Gasteiger partial charge in [0.1, 0.15) is 18.0 Å². The van der Waals surface area contributed by atoms with Crippen molar-refractivity contribution in [1.29, 1.82) is 0 Å².